The Balaban J connectivity index is 2.69. The Hall–Kier alpha value is -1.52. The molecule has 0 saturated heterocycles. The summed E-state index contributed by atoms with van der Waals surface area (Å²) in [6.07, 6.45) is 2.27. The maximum atomic E-state index is 12.5. The van der Waals surface area contributed by atoms with E-state index in [0.717, 1.165) is 6.20 Å². The smallest absolute Gasteiger partial charge is 0.233 e. The summed E-state index contributed by atoms with van der Waals surface area (Å²) in [5.41, 5.74) is 0. The van der Waals surface area contributed by atoms with Crippen LogP contribution in [0.5, 0.6) is 0 Å². The Morgan fingerprint density at radius 3 is 2.77 bits per heavy atom. The summed E-state index contributed by atoms with van der Waals surface area (Å²) in [5, 5.41) is 2.43. The third kappa shape index (κ3) is 2.77. The van der Waals surface area contributed by atoms with Gasteiger partial charge in [-0.2, -0.15) is 9.37 Å². The molecule has 1 amide bonds. The molecule has 0 unspecified atom stereocenters. The predicted molar refractivity (Wildman–Crippen MR) is 45.5 cm³/mol. The molecule has 70 valence electrons. The largest absolute Gasteiger partial charge is 0.309 e. The Kier molecular flexibility index (Phi) is 2.89. The van der Waals surface area contributed by atoms with Crippen molar-refractivity contribution < 1.29 is 9.18 Å². The van der Waals surface area contributed by atoms with Gasteiger partial charge in [-0.15, -0.1) is 0 Å². The van der Waals surface area contributed by atoms with Crippen molar-refractivity contribution >= 4 is 11.7 Å². The number of nitrogens with one attached hydrogen (secondary N) is 1. The van der Waals surface area contributed by atoms with Crippen molar-refractivity contribution in [2.24, 2.45) is 5.92 Å². The van der Waals surface area contributed by atoms with Crippen molar-refractivity contribution in [3.8, 4) is 0 Å². The molecule has 0 aliphatic rings. The van der Waals surface area contributed by atoms with Crippen LogP contribution in [0.25, 0.3) is 0 Å². The SMILES string of the molecule is CC(C)C(=O)Nc1cncc(F)n1. The highest BCUT2D eigenvalue weighted by Crippen LogP contribution is 2.03. The standard InChI is InChI=1S/C8H10FN3O/c1-5(2)8(13)12-7-4-10-3-6(9)11-7/h3-5H,1-2H3,(H,11,12,13). The van der Waals surface area contributed by atoms with Crippen LogP contribution >= 0.6 is 0 Å². The number of halogens is 1. The Labute approximate surface area is 75.2 Å². The molecule has 5 heteroatoms. The Bertz CT molecular complexity index is 314. The summed E-state index contributed by atoms with van der Waals surface area (Å²) >= 11 is 0. The van der Waals surface area contributed by atoms with Crippen molar-refractivity contribution in [2.45, 2.75) is 13.8 Å². The first kappa shape index (κ1) is 9.57. The fraction of sp³-hybridized carbons (Fsp3) is 0.375. The number of aromatic nitrogens is 2. The summed E-state index contributed by atoms with van der Waals surface area (Å²) in [6, 6.07) is 0. The van der Waals surface area contributed by atoms with E-state index in [9.17, 15) is 9.18 Å². The lowest BCUT2D eigenvalue weighted by Gasteiger charge is -2.05. The minimum absolute atomic E-state index is 0.138. The average molecular weight is 183 g/mol. The first-order valence-electron chi connectivity index (χ1n) is 3.88. The lowest BCUT2D eigenvalue weighted by atomic mass is 10.2. The number of amides is 1. The van der Waals surface area contributed by atoms with E-state index in [2.05, 4.69) is 15.3 Å². The van der Waals surface area contributed by atoms with Gasteiger partial charge in [-0.3, -0.25) is 9.78 Å². The number of carbonyl (C=O) groups excluding carboxylic acids is 1. The van der Waals surface area contributed by atoms with Gasteiger partial charge in [0.05, 0.1) is 12.4 Å². The van der Waals surface area contributed by atoms with Gasteiger partial charge in [0.25, 0.3) is 0 Å². The minimum Gasteiger partial charge on any atom is -0.309 e. The molecule has 0 bridgehead atoms. The lowest BCUT2D eigenvalue weighted by Crippen LogP contribution is -2.18. The molecule has 0 aromatic carbocycles. The van der Waals surface area contributed by atoms with E-state index in [4.69, 9.17) is 0 Å². The first-order valence-corrected chi connectivity index (χ1v) is 3.88. The molecular formula is C8H10FN3O. The fourth-order valence-electron chi connectivity index (χ4n) is 0.673. The van der Waals surface area contributed by atoms with Crippen LogP contribution in [0.2, 0.25) is 0 Å². The minimum atomic E-state index is -0.707. The number of nitrogens with zero attached hydrogens (tertiary/aromatic N) is 2. The van der Waals surface area contributed by atoms with Crippen molar-refractivity contribution in [3.05, 3.63) is 18.3 Å². The summed E-state index contributed by atoms with van der Waals surface area (Å²) in [6.45, 7) is 3.48. The van der Waals surface area contributed by atoms with Crippen molar-refractivity contribution in [2.75, 3.05) is 5.32 Å². The number of hydrogen-bond donors (Lipinski definition) is 1. The maximum Gasteiger partial charge on any atom is 0.233 e. The van der Waals surface area contributed by atoms with Gasteiger partial charge in [-0.05, 0) is 0 Å². The predicted octanol–water partition coefficient (Wildman–Crippen LogP) is 1.21. The summed E-state index contributed by atoms with van der Waals surface area (Å²) in [4.78, 5) is 18.1. The van der Waals surface area contributed by atoms with Gasteiger partial charge in [0.2, 0.25) is 11.9 Å². The van der Waals surface area contributed by atoms with E-state index in [1.54, 1.807) is 13.8 Å². The van der Waals surface area contributed by atoms with E-state index < -0.39 is 5.95 Å². The molecule has 1 aromatic rings. The highest BCUT2D eigenvalue weighted by molar-refractivity contribution is 5.90. The van der Waals surface area contributed by atoms with Crippen LogP contribution in [0, 0.1) is 11.9 Å². The zero-order valence-electron chi connectivity index (χ0n) is 7.41. The molecule has 1 aromatic heterocycles. The molecular weight excluding hydrogens is 173 g/mol. The zero-order chi connectivity index (χ0) is 9.84. The van der Waals surface area contributed by atoms with Gasteiger partial charge in [-0.25, -0.2) is 0 Å². The molecule has 1 rings (SSSR count). The normalized spacial score (nSPS) is 10.2. The molecule has 1 heterocycles. The monoisotopic (exact) mass is 183 g/mol. The molecule has 1 N–H and O–H groups in total. The number of hydrogen-bond acceptors (Lipinski definition) is 3. The van der Waals surface area contributed by atoms with E-state index in [-0.39, 0.29) is 17.6 Å². The van der Waals surface area contributed by atoms with Gasteiger partial charge in [0.1, 0.15) is 0 Å². The molecule has 0 aliphatic heterocycles. The van der Waals surface area contributed by atoms with Gasteiger partial charge in [0.15, 0.2) is 5.82 Å². The maximum absolute atomic E-state index is 12.5. The number of rotatable bonds is 2. The van der Waals surface area contributed by atoms with Crippen molar-refractivity contribution in [1.29, 1.82) is 0 Å². The molecule has 0 radical (unpaired) electrons. The summed E-state index contributed by atoms with van der Waals surface area (Å²) in [5.74, 6) is -0.940. The number of carbonyl (C=O) groups is 1. The van der Waals surface area contributed by atoms with E-state index in [0.29, 0.717) is 0 Å². The third-order valence-corrected chi connectivity index (χ3v) is 1.38. The molecule has 0 spiro atoms. The van der Waals surface area contributed by atoms with Crippen LogP contribution in [0.15, 0.2) is 12.4 Å². The third-order valence-electron chi connectivity index (χ3n) is 1.38. The highest BCUT2D eigenvalue weighted by atomic mass is 19.1. The van der Waals surface area contributed by atoms with Gasteiger partial charge in [0, 0.05) is 5.92 Å². The topological polar surface area (TPSA) is 54.9 Å². The lowest BCUT2D eigenvalue weighted by molar-refractivity contribution is -0.118. The van der Waals surface area contributed by atoms with Gasteiger partial charge in [-0.1, -0.05) is 13.8 Å². The molecule has 0 aliphatic carbocycles. The second kappa shape index (κ2) is 3.93. The van der Waals surface area contributed by atoms with Crippen LogP contribution in [0.3, 0.4) is 0 Å². The number of anilines is 1. The van der Waals surface area contributed by atoms with Crippen LogP contribution < -0.4 is 5.32 Å². The molecule has 0 atom stereocenters. The van der Waals surface area contributed by atoms with E-state index in [1.165, 1.54) is 6.20 Å². The molecule has 0 fully saturated rings. The van der Waals surface area contributed by atoms with Crippen LogP contribution in [0.1, 0.15) is 13.8 Å². The Morgan fingerprint density at radius 1 is 1.54 bits per heavy atom. The molecule has 4 nitrogen and oxygen atoms in total. The van der Waals surface area contributed by atoms with Crippen LogP contribution in [0.4, 0.5) is 10.2 Å². The van der Waals surface area contributed by atoms with Gasteiger partial charge < -0.3 is 5.32 Å². The summed E-state index contributed by atoms with van der Waals surface area (Å²) < 4.78 is 12.5. The van der Waals surface area contributed by atoms with E-state index >= 15 is 0 Å². The van der Waals surface area contributed by atoms with Crippen LogP contribution in [-0.4, -0.2) is 15.9 Å². The Morgan fingerprint density at radius 2 is 2.23 bits per heavy atom. The van der Waals surface area contributed by atoms with Gasteiger partial charge >= 0.3 is 0 Å². The fourth-order valence-corrected chi connectivity index (χ4v) is 0.673. The molecule has 0 saturated carbocycles. The second-order valence-electron chi connectivity index (χ2n) is 2.87. The average Bonchev–Trinajstić information content (AvgIpc) is 2.04. The highest BCUT2D eigenvalue weighted by Gasteiger charge is 2.07. The van der Waals surface area contributed by atoms with E-state index in [1.807, 2.05) is 0 Å². The summed E-state index contributed by atoms with van der Waals surface area (Å²) in [7, 11) is 0. The first-order chi connectivity index (χ1) is 6.09. The van der Waals surface area contributed by atoms with Crippen LogP contribution in [-0.2, 0) is 4.79 Å². The van der Waals surface area contributed by atoms with Crippen molar-refractivity contribution in [1.82, 2.24) is 9.97 Å². The second-order valence-corrected chi connectivity index (χ2v) is 2.87. The van der Waals surface area contributed by atoms with Crippen molar-refractivity contribution in [3.63, 3.8) is 0 Å². The molecule has 13 heavy (non-hydrogen) atoms. The zero-order valence-corrected chi connectivity index (χ0v) is 7.41. The quantitative estimate of drug-likeness (QED) is 0.749.